The van der Waals surface area contributed by atoms with Crippen molar-refractivity contribution in [2.45, 2.75) is 53.0 Å². The maximum absolute atomic E-state index is 12.3. The Kier molecular flexibility index (Phi) is 5.62. The van der Waals surface area contributed by atoms with Crippen molar-refractivity contribution < 1.29 is 9.59 Å². The summed E-state index contributed by atoms with van der Waals surface area (Å²) in [5.41, 5.74) is 0.792. The highest BCUT2D eigenvalue weighted by Crippen LogP contribution is 2.21. The zero-order chi connectivity index (χ0) is 16.3. The number of thiophene rings is 1. The second-order valence-corrected chi connectivity index (χ2v) is 8.01. The summed E-state index contributed by atoms with van der Waals surface area (Å²) in [4.78, 5) is 28.5. The van der Waals surface area contributed by atoms with Gasteiger partial charge in [-0.25, -0.2) is 0 Å². The first-order chi connectivity index (χ1) is 10.4. The second-order valence-electron chi connectivity index (χ2n) is 6.55. The molecule has 1 aromatic heterocycles. The van der Waals surface area contributed by atoms with Gasteiger partial charge in [0.15, 0.2) is 0 Å². The molecule has 5 heteroatoms. The fraction of sp³-hybridized carbons (Fsp3) is 0.647. The fourth-order valence-corrected chi connectivity index (χ4v) is 3.79. The second kappa shape index (κ2) is 7.27. The summed E-state index contributed by atoms with van der Waals surface area (Å²) in [6, 6.07) is 2.13. The predicted molar refractivity (Wildman–Crippen MR) is 90.3 cm³/mol. The van der Waals surface area contributed by atoms with E-state index in [1.54, 1.807) is 11.3 Å². The minimum Gasteiger partial charge on any atom is -0.349 e. The summed E-state index contributed by atoms with van der Waals surface area (Å²) in [5.74, 6) is 0.660. The summed E-state index contributed by atoms with van der Waals surface area (Å²) in [6.07, 6.45) is 2.31. The SMILES string of the molecule is Cc1cc(C(=O)NC2CCN(C(=O)CC(C)C)CC2)c(C)s1. The van der Waals surface area contributed by atoms with E-state index in [0.29, 0.717) is 12.3 Å². The highest BCUT2D eigenvalue weighted by molar-refractivity contribution is 7.12. The molecule has 0 unspecified atom stereocenters. The fourth-order valence-electron chi connectivity index (χ4n) is 2.87. The molecule has 0 radical (unpaired) electrons. The summed E-state index contributed by atoms with van der Waals surface area (Å²) in [5, 5.41) is 3.12. The Labute approximate surface area is 136 Å². The van der Waals surface area contributed by atoms with Gasteiger partial charge in [-0.2, -0.15) is 0 Å². The first kappa shape index (κ1) is 17.0. The first-order valence-corrected chi connectivity index (χ1v) is 8.84. The number of amides is 2. The topological polar surface area (TPSA) is 49.4 Å². The Hall–Kier alpha value is -1.36. The minimum absolute atomic E-state index is 0.0220. The van der Waals surface area contributed by atoms with Crippen LogP contribution < -0.4 is 5.32 Å². The lowest BCUT2D eigenvalue weighted by atomic mass is 10.0. The minimum atomic E-state index is 0.0220. The van der Waals surface area contributed by atoms with Crippen LogP contribution >= 0.6 is 11.3 Å². The third-order valence-corrected chi connectivity index (χ3v) is 5.02. The number of rotatable bonds is 4. The summed E-state index contributed by atoms with van der Waals surface area (Å²) >= 11 is 1.66. The molecule has 2 amide bonds. The lowest BCUT2D eigenvalue weighted by Gasteiger charge is -2.32. The molecular formula is C17H26N2O2S. The van der Waals surface area contributed by atoms with E-state index in [4.69, 9.17) is 0 Å². The van der Waals surface area contributed by atoms with Crippen LogP contribution in [0.25, 0.3) is 0 Å². The number of piperidine rings is 1. The number of hydrogen-bond donors (Lipinski definition) is 1. The molecule has 0 bridgehead atoms. The number of likely N-dealkylation sites (tertiary alicyclic amines) is 1. The maximum atomic E-state index is 12.3. The van der Waals surface area contributed by atoms with Crippen molar-refractivity contribution in [2.24, 2.45) is 5.92 Å². The molecule has 4 nitrogen and oxygen atoms in total. The monoisotopic (exact) mass is 322 g/mol. The van der Waals surface area contributed by atoms with Crippen LogP contribution in [0.4, 0.5) is 0 Å². The van der Waals surface area contributed by atoms with Gasteiger partial charge in [-0.1, -0.05) is 13.8 Å². The zero-order valence-corrected chi connectivity index (χ0v) is 14.8. The van der Waals surface area contributed by atoms with Crippen molar-refractivity contribution >= 4 is 23.2 Å². The molecule has 1 saturated heterocycles. The summed E-state index contributed by atoms with van der Waals surface area (Å²) in [7, 11) is 0. The molecule has 0 aromatic carbocycles. The smallest absolute Gasteiger partial charge is 0.252 e. The third kappa shape index (κ3) is 4.32. The van der Waals surface area contributed by atoms with E-state index in [-0.39, 0.29) is 17.9 Å². The lowest BCUT2D eigenvalue weighted by molar-refractivity contribution is -0.133. The predicted octanol–water partition coefficient (Wildman–Crippen LogP) is 3.13. The van der Waals surface area contributed by atoms with Gasteiger partial charge in [-0.3, -0.25) is 9.59 Å². The lowest BCUT2D eigenvalue weighted by Crippen LogP contribution is -2.46. The molecule has 2 heterocycles. The van der Waals surface area contributed by atoms with Crippen LogP contribution in [0.5, 0.6) is 0 Å². The Morgan fingerprint density at radius 1 is 1.32 bits per heavy atom. The van der Waals surface area contributed by atoms with E-state index in [9.17, 15) is 9.59 Å². The van der Waals surface area contributed by atoms with Gasteiger partial charge in [0, 0.05) is 35.3 Å². The van der Waals surface area contributed by atoms with Crippen molar-refractivity contribution in [1.29, 1.82) is 0 Å². The van der Waals surface area contributed by atoms with Crippen LogP contribution in [0.2, 0.25) is 0 Å². The van der Waals surface area contributed by atoms with E-state index in [1.165, 1.54) is 0 Å². The van der Waals surface area contributed by atoms with Gasteiger partial charge in [0.25, 0.3) is 5.91 Å². The summed E-state index contributed by atoms with van der Waals surface area (Å²) in [6.45, 7) is 9.63. The number of carbonyl (C=O) groups excluding carboxylic acids is 2. The molecule has 122 valence electrons. The van der Waals surface area contributed by atoms with Gasteiger partial charge in [-0.15, -0.1) is 11.3 Å². The molecule has 1 aromatic rings. The van der Waals surface area contributed by atoms with Crippen molar-refractivity contribution in [3.05, 3.63) is 21.4 Å². The maximum Gasteiger partial charge on any atom is 0.252 e. The molecule has 22 heavy (non-hydrogen) atoms. The van der Waals surface area contributed by atoms with Crippen molar-refractivity contribution in [3.63, 3.8) is 0 Å². The van der Waals surface area contributed by atoms with Crippen LogP contribution in [0.3, 0.4) is 0 Å². The van der Waals surface area contributed by atoms with Gasteiger partial charge >= 0.3 is 0 Å². The van der Waals surface area contributed by atoms with Gasteiger partial charge in [0.1, 0.15) is 0 Å². The standard InChI is InChI=1S/C17H26N2O2S/c1-11(2)9-16(20)19-7-5-14(6-8-19)18-17(21)15-10-12(3)22-13(15)4/h10-11,14H,5-9H2,1-4H3,(H,18,21). The average Bonchev–Trinajstić information content (AvgIpc) is 2.78. The first-order valence-electron chi connectivity index (χ1n) is 8.02. The van der Waals surface area contributed by atoms with E-state index in [2.05, 4.69) is 19.2 Å². The average molecular weight is 322 g/mol. The van der Waals surface area contributed by atoms with Gasteiger partial charge in [0.2, 0.25) is 5.91 Å². The zero-order valence-electron chi connectivity index (χ0n) is 13.9. The van der Waals surface area contributed by atoms with E-state index in [0.717, 1.165) is 41.2 Å². The van der Waals surface area contributed by atoms with Crippen LogP contribution in [0.15, 0.2) is 6.07 Å². The Bertz CT molecular complexity index is 543. The molecule has 2 rings (SSSR count). The van der Waals surface area contributed by atoms with Crippen molar-refractivity contribution in [1.82, 2.24) is 10.2 Å². The molecule has 0 saturated carbocycles. The van der Waals surface area contributed by atoms with E-state index >= 15 is 0 Å². The van der Waals surface area contributed by atoms with Crippen LogP contribution in [0.1, 0.15) is 53.2 Å². The molecular weight excluding hydrogens is 296 g/mol. The van der Waals surface area contributed by atoms with Crippen LogP contribution in [-0.2, 0) is 4.79 Å². The molecule has 1 aliphatic rings. The molecule has 0 spiro atoms. The molecule has 1 fully saturated rings. The van der Waals surface area contributed by atoms with Crippen molar-refractivity contribution in [3.8, 4) is 0 Å². The van der Waals surface area contributed by atoms with Crippen LogP contribution in [-0.4, -0.2) is 35.8 Å². The number of carbonyl (C=O) groups is 2. The molecule has 1 aliphatic heterocycles. The number of nitrogens with one attached hydrogen (secondary N) is 1. The number of aryl methyl sites for hydroxylation is 2. The van der Waals surface area contributed by atoms with Gasteiger partial charge < -0.3 is 10.2 Å². The van der Waals surface area contributed by atoms with E-state index in [1.807, 2.05) is 24.8 Å². The Morgan fingerprint density at radius 3 is 2.45 bits per heavy atom. The molecule has 0 aliphatic carbocycles. The number of nitrogens with zero attached hydrogens (tertiary/aromatic N) is 1. The van der Waals surface area contributed by atoms with Gasteiger partial charge in [0.05, 0.1) is 5.56 Å². The Balaban J connectivity index is 1.83. The van der Waals surface area contributed by atoms with Gasteiger partial charge in [-0.05, 0) is 38.7 Å². The third-order valence-electron chi connectivity index (χ3n) is 4.05. The largest absolute Gasteiger partial charge is 0.349 e. The molecule has 1 N–H and O–H groups in total. The van der Waals surface area contributed by atoms with Crippen molar-refractivity contribution in [2.75, 3.05) is 13.1 Å². The highest BCUT2D eigenvalue weighted by Gasteiger charge is 2.25. The summed E-state index contributed by atoms with van der Waals surface area (Å²) < 4.78 is 0. The van der Waals surface area contributed by atoms with E-state index < -0.39 is 0 Å². The Morgan fingerprint density at radius 2 is 1.95 bits per heavy atom. The highest BCUT2D eigenvalue weighted by atomic mass is 32.1. The number of hydrogen-bond acceptors (Lipinski definition) is 3. The quantitative estimate of drug-likeness (QED) is 0.926. The molecule has 0 atom stereocenters. The normalized spacial score (nSPS) is 16.1. The van der Waals surface area contributed by atoms with Crippen LogP contribution in [0, 0.1) is 19.8 Å².